The quantitative estimate of drug-likeness (QED) is 0.871. The molecule has 0 aliphatic carbocycles. The first-order valence-corrected chi connectivity index (χ1v) is 7.72. The normalized spacial score (nSPS) is 17.4. The number of aromatic nitrogens is 1. The molecule has 2 aliphatic heterocycles. The van der Waals surface area contributed by atoms with Gasteiger partial charge in [-0.2, -0.15) is 5.26 Å². The predicted molar refractivity (Wildman–Crippen MR) is 84.7 cm³/mol. The van der Waals surface area contributed by atoms with Crippen LogP contribution in [0.4, 0.5) is 11.5 Å². The van der Waals surface area contributed by atoms with Crippen LogP contribution in [0, 0.1) is 11.3 Å². The average molecular weight is 278 g/mol. The number of hydrogen-bond acceptors (Lipinski definition) is 4. The Morgan fingerprint density at radius 2 is 2.00 bits per heavy atom. The molecule has 0 atom stereocenters. The van der Waals surface area contributed by atoms with E-state index in [9.17, 15) is 5.26 Å². The van der Waals surface area contributed by atoms with Gasteiger partial charge in [-0.1, -0.05) is 0 Å². The predicted octanol–water partition coefficient (Wildman–Crippen LogP) is 3.06. The van der Waals surface area contributed by atoms with Gasteiger partial charge in [-0.05, 0) is 49.4 Å². The van der Waals surface area contributed by atoms with E-state index in [1.165, 1.54) is 30.5 Å². The van der Waals surface area contributed by atoms with Crippen molar-refractivity contribution < 1.29 is 0 Å². The van der Waals surface area contributed by atoms with Gasteiger partial charge < -0.3 is 10.2 Å². The van der Waals surface area contributed by atoms with Crippen molar-refractivity contribution in [1.29, 1.82) is 5.26 Å². The third kappa shape index (κ3) is 2.09. The molecule has 2 aromatic rings. The van der Waals surface area contributed by atoms with Crippen molar-refractivity contribution in [2.24, 2.45) is 0 Å². The van der Waals surface area contributed by atoms with Crippen LogP contribution in [-0.2, 0) is 6.42 Å². The van der Waals surface area contributed by atoms with Crippen LogP contribution in [0.2, 0.25) is 0 Å². The molecule has 0 bridgehead atoms. The second-order valence-electron chi connectivity index (χ2n) is 5.90. The minimum absolute atomic E-state index is 0.695. The lowest BCUT2D eigenvalue weighted by atomic mass is 10.0. The third-order valence-electron chi connectivity index (χ3n) is 4.48. The van der Waals surface area contributed by atoms with E-state index in [0.29, 0.717) is 5.56 Å². The van der Waals surface area contributed by atoms with E-state index in [4.69, 9.17) is 4.98 Å². The fraction of sp³-hybridized carbons (Fsp3) is 0.412. The zero-order valence-electron chi connectivity index (χ0n) is 12.0. The van der Waals surface area contributed by atoms with E-state index in [1.54, 1.807) is 0 Å². The highest BCUT2D eigenvalue weighted by Gasteiger charge is 2.19. The molecule has 4 nitrogen and oxygen atoms in total. The van der Waals surface area contributed by atoms with Crippen molar-refractivity contribution in [3.05, 3.63) is 29.3 Å². The maximum atomic E-state index is 9.44. The summed E-state index contributed by atoms with van der Waals surface area (Å²) >= 11 is 0. The van der Waals surface area contributed by atoms with E-state index in [2.05, 4.69) is 28.4 Å². The third-order valence-corrected chi connectivity index (χ3v) is 4.48. The molecule has 1 aromatic heterocycles. The molecular formula is C17H18N4. The average Bonchev–Trinajstić information content (AvgIpc) is 3.05. The Kier molecular flexibility index (Phi) is 2.92. The van der Waals surface area contributed by atoms with Crippen LogP contribution < -0.4 is 10.2 Å². The minimum atomic E-state index is 0.695. The summed E-state index contributed by atoms with van der Waals surface area (Å²) in [5.41, 5.74) is 4.25. The van der Waals surface area contributed by atoms with Gasteiger partial charge >= 0.3 is 0 Å². The maximum absolute atomic E-state index is 9.44. The van der Waals surface area contributed by atoms with Crippen molar-refractivity contribution in [3.8, 4) is 6.07 Å². The standard InChI is InChI=1S/C17H18N4/c18-11-14-8-13-10-15-12(4-3-5-19-15)9-16(13)20-17(14)21-6-1-2-7-21/h8-10,19H,1-7H2. The molecule has 0 saturated carbocycles. The highest BCUT2D eigenvalue weighted by molar-refractivity contribution is 5.87. The second kappa shape index (κ2) is 4.92. The number of nitrogens with zero attached hydrogens (tertiary/aromatic N) is 3. The maximum Gasteiger partial charge on any atom is 0.147 e. The van der Waals surface area contributed by atoms with Gasteiger partial charge in [-0.25, -0.2) is 4.98 Å². The summed E-state index contributed by atoms with van der Waals surface area (Å²) in [6, 6.07) is 8.65. The molecule has 1 saturated heterocycles. The van der Waals surface area contributed by atoms with Gasteiger partial charge in [0, 0.05) is 30.7 Å². The van der Waals surface area contributed by atoms with Crippen molar-refractivity contribution in [2.45, 2.75) is 25.7 Å². The Bertz CT molecular complexity index is 739. The van der Waals surface area contributed by atoms with Crippen LogP contribution >= 0.6 is 0 Å². The van der Waals surface area contributed by atoms with Gasteiger partial charge in [0.2, 0.25) is 0 Å². The Balaban J connectivity index is 1.88. The smallest absolute Gasteiger partial charge is 0.147 e. The lowest BCUT2D eigenvalue weighted by Crippen LogP contribution is -2.20. The van der Waals surface area contributed by atoms with Crippen molar-refractivity contribution in [3.63, 3.8) is 0 Å². The molecule has 1 fully saturated rings. The molecule has 0 unspecified atom stereocenters. The largest absolute Gasteiger partial charge is 0.385 e. The summed E-state index contributed by atoms with van der Waals surface area (Å²) in [6.45, 7) is 3.06. The Hall–Kier alpha value is -2.28. The number of rotatable bonds is 1. The summed E-state index contributed by atoms with van der Waals surface area (Å²) in [5, 5.41) is 13.9. The summed E-state index contributed by atoms with van der Waals surface area (Å²) < 4.78 is 0. The fourth-order valence-electron chi connectivity index (χ4n) is 3.38. The van der Waals surface area contributed by atoms with Gasteiger partial charge in [0.05, 0.1) is 11.1 Å². The van der Waals surface area contributed by atoms with Gasteiger partial charge in [0.25, 0.3) is 0 Å². The monoisotopic (exact) mass is 278 g/mol. The van der Waals surface area contributed by atoms with E-state index < -0.39 is 0 Å². The Labute approximate surface area is 124 Å². The number of pyridine rings is 1. The zero-order chi connectivity index (χ0) is 14.2. The lowest BCUT2D eigenvalue weighted by Gasteiger charge is -2.21. The topological polar surface area (TPSA) is 52.0 Å². The summed E-state index contributed by atoms with van der Waals surface area (Å²) in [4.78, 5) is 7.06. The molecule has 0 radical (unpaired) electrons. The summed E-state index contributed by atoms with van der Waals surface area (Å²) in [7, 11) is 0. The molecule has 2 aliphatic rings. The molecule has 0 amide bonds. The first kappa shape index (κ1) is 12.5. The van der Waals surface area contributed by atoms with Gasteiger partial charge in [0.15, 0.2) is 0 Å². The number of fused-ring (bicyclic) bond motifs is 2. The number of anilines is 2. The van der Waals surface area contributed by atoms with Crippen LogP contribution in [0.25, 0.3) is 10.9 Å². The molecular weight excluding hydrogens is 260 g/mol. The summed E-state index contributed by atoms with van der Waals surface area (Å²) in [5.74, 6) is 0.867. The van der Waals surface area contributed by atoms with Crippen LogP contribution in [-0.4, -0.2) is 24.6 Å². The molecule has 0 spiro atoms. The minimum Gasteiger partial charge on any atom is -0.385 e. The highest BCUT2D eigenvalue weighted by atomic mass is 15.2. The van der Waals surface area contributed by atoms with Crippen molar-refractivity contribution in [2.75, 3.05) is 29.9 Å². The van der Waals surface area contributed by atoms with Crippen LogP contribution in [0.3, 0.4) is 0 Å². The molecule has 3 heterocycles. The number of aryl methyl sites for hydroxylation is 1. The number of nitriles is 1. The van der Waals surface area contributed by atoms with E-state index in [0.717, 1.165) is 42.8 Å². The number of nitrogens with one attached hydrogen (secondary N) is 1. The first-order chi connectivity index (χ1) is 10.3. The number of benzene rings is 1. The highest BCUT2D eigenvalue weighted by Crippen LogP contribution is 2.31. The van der Waals surface area contributed by atoms with Crippen LogP contribution in [0.1, 0.15) is 30.4 Å². The molecule has 21 heavy (non-hydrogen) atoms. The SMILES string of the molecule is N#Cc1cc2cc3c(cc2nc1N1CCCC1)CCCN3. The molecule has 4 rings (SSSR count). The van der Waals surface area contributed by atoms with Crippen molar-refractivity contribution >= 4 is 22.4 Å². The van der Waals surface area contributed by atoms with Gasteiger partial charge in [-0.15, -0.1) is 0 Å². The zero-order valence-corrected chi connectivity index (χ0v) is 12.0. The van der Waals surface area contributed by atoms with Gasteiger partial charge in [-0.3, -0.25) is 0 Å². The van der Waals surface area contributed by atoms with Gasteiger partial charge in [0.1, 0.15) is 11.9 Å². The Morgan fingerprint density at radius 1 is 1.14 bits per heavy atom. The lowest BCUT2D eigenvalue weighted by molar-refractivity contribution is 0.831. The van der Waals surface area contributed by atoms with Crippen LogP contribution in [0.15, 0.2) is 18.2 Å². The summed E-state index contributed by atoms with van der Waals surface area (Å²) in [6.07, 6.45) is 4.67. The second-order valence-corrected chi connectivity index (χ2v) is 5.90. The number of hydrogen-bond donors (Lipinski definition) is 1. The molecule has 1 aromatic carbocycles. The Morgan fingerprint density at radius 3 is 2.81 bits per heavy atom. The molecule has 4 heteroatoms. The first-order valence-electron chi connectivity index (χ1n) is 7.72. The molecule has 1 N–H and O–H groups in total. The van der Waals surface area contributed by atoms with E-state index in [1.807, 2.05) is 6.07 Å². The van der Waals surface area contributed by atoms with E-state index >= 15 is 0 Å². The molecule has 106 valence electrons. The van der Waals surface area contributed by atoms with Crippen molar-refractivity contribution in [1.82, 2.24) is 4.98 Å². The van der Waals surface area contributed by atoms with Crippen LogP contribution in [0.5, 0.6) is 0 Å². The fourth-order valence-corrected chi connectivity index (χ4v) is 3.38. The van der Waals surface area contributed by atoms with E-state index in [-0.39, 0.29) is 0 Å².